The molecule has 1 aromatic carbocycles. The van der Waals surface area contributed by atoms with Gasteiger partial charge in [0.1, 0.15) is 5.82 Å². The second kappa shape index (κ2) is 6.19. The third kappa shape index (κ3) is 3.56. The molecule has 0 bridgehead atoms. The summed E-state index contributed by atoms with van der Waals surface area (Å²) in [6.45, 7) is 1.62. The van der Waals surface area contributed by atoms with Crippen molar-refractivity contribution in [2.45, 2.75) is 19.6 Å². The van der Waals surface area contributed by atoms with Crippen LogP contribution < -0.4 is 16.0 Å². The summed E-state index contributed by atoms with van der Waals surface area (Å²) in [6.07, 6.45) is -0.944. The Morgan fingerprint density at radius 1 is 1.52 bits per heavy atom. The van der Waals surface area contributed by atoms with Gasteiger partial charge in [-0.3, -0.25) is 15.4 Å². The van der Waals surface area contributed by atoms with Gasteiger partial charge in [0.05, 0.1) is 15.1 Å². The monoisotopic (exact) mass is 358 g/mol. The highest BCUT2D eigenvalue weighted by Gasteiger charge is 2.33. The molecule has 0 fully saturated rings. The lowest BCUT2D eigenvalue weighted by molar-refractivity contribution is -0.433. The Morgan fingerprint density at radius 2 is 2.24 bits per heavy atom. The number of halogens is 2. The summed E-state index contributed by atoms with van der Waals surface area (Å²) >= 11 is 3.04. The van der Waals surface area contributed by atoms with E-state index in [1.807, 2.05) is 0 Å². The summed E-state index contributed by atoms with van der Waals surface area (Å²) in [4.78, 5) is 21.9. The minimum atomic E-state index is -0.944. The second-order valence-corrected chi connectivity index (χ2v) is 5.28. The number of nitro groups is 1. The summed E-state index contributed by atoms with van der Waals surface area (Å²) < 4.78 is 13.7. The molecule has 112 valence electrons. The molecule has 7 nitrogen and oxygen atoms in total. The van der Waals surface area contributed by atoms with Crippen molar-refractivity contribution < 1.29 is 14.1 Å². The molecule has 9 heteroatoms. The van der Waals surface area contributed by atoms with Gasteiger partial charge in [0.25, 0.3) is 0 Å². The van der Waals surface area contributed by atoms with Crippen LogP contribution in [0.25, 0.3) is 0 Å². The van der Waals surface area contributed by atoms with E-state index in [0.29, 0.717) is 10.0 Å². The van der Waals surface area contributed by atoms with Crippen molar-refractivity contribution in [3.63, 3.8) is 0 Å². The number of nitrogens with zero attached hydrogens (tertiary/aromatic N) is 1. The van der Waals surface area contributed by atoms with E-state index in [0.717, 1.165) is 0 Å². The molecule has 2 amide bonds. The van der Waals surface area contributed by atoms with E-state index in [9.17, 15) is 19.3 Å². The van der Waals surface area contributed by atoms with Crippen LogP contribution in [-0.4, -0.2) is 17.1 Å². The molecular weight excluding hydrogens is 347 g/mol. The number of rotatable bonds is 4. The molecule has 0 unspecified atom stereocenters. The van der Waals surface area contributed by atoms with Gasteiger partial charge in [0, 0.05) is 6.54 Å². The summed E-state index contributed by atoms with van der Waals surface area (Å²) in [6, 6.07) is 3.99. The Labute approximate surface area is 127 Å². The van der Waals surface area contributed by atoms with E-state index in [1.54, 1.807) is 12.1 Å². The van der Waals surface area contributed by atoms with Crippen LogP contribution in [0, 0.1) is 15.9 Å². The van der Waals surface area contributed by atoms with Gasteiger partial charge in [-0.2, -0.15) is 0 Å². The first-order chi connectivity index (χ1) is 9.88. The Bertz CT molecular complexity index is 635. The minimum Gasteiger partial charge on any atom is -0.313 e. The summed E-state index contributed by atoms with van der Waals surface area (Å²) in [5.41, 5.74) is 0.597. The number of carbonyl (C=O) groups is 1. The third-order valence-electron chi connectivity index (χ3n) is 2.93. The molecule has 1 aliphatic heterocycles. The largest absolute Gasteiger partial charge is 0.320 e. The standard InChI is InChI=1S/C12H12BrFN4O3/c1-6-10(18(20)21)11(17-12(19)16-6)15-5-7-2-3-8(13)9(14)4-7/h2-4,11,15H,5H2,1H3,(H2,16,17,19)/t11-/m0/s1. The number of hydrogen-bond donors (Lipinski definition) is 3. The lowest BCUT2D eigenvalue weighted by Gasteiger charge is -2.24. The van der Waals surface area contributed by atoms with E-state index in [4.69, 9.17) is 0 Å². The van der Waals surface area contributed by atoms with Gasteiger partial charge in [-0.1, -0.05) is 6.07 Å². The van der Waals surface area contributed by atoms with Crippen molar-refractivity contribution in [3.05, 3.63) is 55.6 Å². The van der Waals surface area contributed by atoms with Crippen LogP contribution in [0.3, 0.4) is 0 Å². The van der Waals surface area contributed by atoms with Crippen LogP contribution in [0.1, 0.15) is 12.5 Å². The molecule has 0 aromatic heterocycles. The molecule has 1 aliphatic rings. The second-order valence-electron chi connectivity index (χ2n) is 4.43. The maximum absolute atomic E-state index is 13.4. The van der Waals surface area contributed by atoms with E-state index in [2.05, 4.69) is 31.9 Å². The summed E-state index contributed by atoms with van der Waals surface area (Å²) in [5.74, 6) is -0.426. The van der Waals surface area contributed by atoms with Crippen LogP contribution in [0.2, 0.25) is 0 Å². The highest BCUT2D eigenvalue weighted by atomic mass is 79.9. The fourth-order valence-electron chi connectivity index (χ4n) is 1.95. The van der Waals surface area contributed by atoms with Gasteiger partial charge < -0.3 is 10.6 Å². The average Bonchev–Trinajstić information content (AvgIpc) is 2.38. The van der Waals surface area contributed by atoms with Crippen LogP contribution >= 0.6 is 15.9 Å². The first-order valence-electron chi connectivity index (χ1n) is 5.98. The molecule has 0 saturated carbocycles. The van der Waals surface area contributed by atoms with Gasteiger partial charge in [-0.15, -0.1) is 0 Å². The zero-order valence-electron chi connectivity index (χ0n) is 10.9. The molecule has 0 aliphatic carbocycles. The van der Waals surface area contributed by atoms with Crippen molar-refractivity contribution in [2.24, 2.45) is 0 Å². The van der Waals surface area contributed by atoms with Gasteiger partial charge in [0.2, 0.25) is 0 Å². The van der Waals surface area contributed by atoms with E-state index in [1.165, 1.54) is 13.0 Å². The third-order valence-corrected chi connectivity index (χ3v) is 3.57. The number of benzene rings is 1. The zero-order valence-corrected chi connectivity index (χ0v) is 12.5. The Morgan fingerprint density at radius 3 is 2.86 bits per heavy atom. The van der Waals surface area contributed by atoms with Crippen molar-refractivity contribution in [2.75, 3.05) is 0 Å². The average molecular weight is 359 g/mol. The summed E-state index contributed by atoms with van der Waals surface area (Å²) in [5, 5.41) is 18.6. The lowest BCUT2D eigenvalue weighted by Crippen LogP contribution is -2.55. The lowest BCUT2D eigenvalue weighted by atomic mass is 10.2. The maximum Gasteiger partial charge on any atom is 0.320 e. The maximum atomic E-state index is 13.4. The predicted octanol–water partition coefficient (Wildman–Crippen LogP) is 1.82. The van der Waals surface area contributed by atoms with Gasteiger partial charge in [-0.25, -0.2) is 9.18 Å². The molecule has 3 N–H and O–H groups in total. The molecule has 0 saturated heterocycles. The molecule has 0 radical (unpaired) electrons. The SMILES string of the molecule is CC1=C([N+](=O)[O-])[C@@H](NCc2ccc(Br)c(F)c2)NC(=O)N1. The molecule has 21 heavy (non-hydrogen) atoms. The van der Waals surface area contributed by atoms with E-state index < -0.39 is 22.9 Å². The van der Waals surface area contributed by atoms with Crippen LogP contribution in [-0.2, 0) is 6.54 Å². The number of nitrogens with one attached hydrogen (secondary N) is 3. The van der Waals surface area contributed by atoms with Crippen molar-refractivity contribution in [3.8, 4) is 0 Å². The number of allylic oxidation sites excluding steroid dienone is 1. The Kier molecular flexibility index (Phi) is 4.53. The van der Waals surface area contributed by atoms with Gasteiger partial charge >= 0.3 is 11.7 Å². The Hall–Kier alpha value is -2.00. The first-order valence-corrected chi connectivity index (χ1v) is 6.78. The fourth-order valence-corrected chi connectivity index (χ4v) is 2.19. The summed E-state index contributed by atoms with van der Waals surface area (Å²) in [7, 11) is 0. The predicted molar refractivity (Wildman–Crippen MR) is 76.1 cm³/mol. The molecular formula is C12H12BrFN4O3. The number of urea groups is 1. The van der Waals surface area contributed by atoms with Crippen LogP contribution in [0.15, 0.2) is 34.1 Å². The smallest absolute Gasteiger partial charge is 0.313 e. The zero-order chi connectivity index (χ0) is 15.6. The first kappa shape index (κ1) is 15.4. The van der Waals surface area contributed by atoms with Gasteiger partial charge in [0.15, 0.2) is 6.17 Å². The molecule has 2 rings (SSSR count). The number of amides is 2. The highest BCUT2D eigenvalue weighted by Crippen LogP contribution is 2.17. The van der Waals surface area contributed by atoms with E-state index in [-0.39, 0.29) is 17.9 Å². The normalized spacial score (nSPS) is 18.2. The van der Waals surface area contributed by atoms with Crippen molar-refractivity contribution >= 4 is 22.0 Å². The minimum absolute atomic E-state index is 0.166. The highest BCUT2D eigenvalue weighted by molar-refractivity contribution is 9.10. The number of hydrogen-bond acceptors (Lipinski definition) is 4. The molecule has 1 atom stereocenters. The van der Waals surface area contributed by atoms with Crippen molar-refractivity contribution in [1.82, 2.24) is 16.0 Å². The van der Waals surface area contributed by atoms with Crippen molar-refractivity contribution in [1.29, 1.82) is 0 Å². The van der Waals surface area contributed by atoms with Crippen LogP contribution in [0.4, 0.5) is 9.18 Å². The molecule has 1 aromatic rings. The topological polar surface area (TPSA) is 96.3 Å². The quantitative estimate of drug-likeness (QED) is 0.565. The number of carbonyl (C=O) groups excluding carboxylic acids is 1. The Balaban J connectivity index is 2.13. The van der Waals surface area contributed by atoms with Crippen LogP contribution in [0.5, 0.6) is 0 Å². The molecule has 1 heterocycles. The fraction of sp³-hybridized carbons (Fsp3) is 0.250. The molecule has 0 spiro atoms. The van der Waals surface area contributed by atoms with Gasteiger partial charge in [-0.05, 0) is 40.5 Å². The van der Waals surface area contributed by atoms with E-state index >= 15 is 0 Å².